The molecule has 0 aliphatic heterocycles. The Kier molecular flexibility index (Phi) is 7.32. The molecule has 6 heteroatoms. The van der Waals surface area contributed by atoms with Gasteiger partial charge in [-0.1, -0.05) is 24.6 Å². The second-order valence-corrected chi connectivity index (χ2v) is 6.11. The number of alkyl carbamates (subject to hydrolysis) is 1. The van der Waals surface area contributed by atoms with Crippen molar-refractivity contribution < 1.29 is 19.1 Å². The van der Waals surface area contributed by atoms with Crippen LogP contribution in [0, 0.1) is 6.92 Å². The van der Waals surface area contributed by atoms with E-state index in [9.17, 15) is 9.59 Å². The van der Waals surface area contributed by atoms with E-state index in [4.69, 9.17) is 9.47 Å². The van der Waals surface area contributed by atoms with Crippen LogP contribution in [0.2, 0.25) is 0 Å². The Hall–Kier alpha value is -2.50. The fourth-order valence-corrected chi connectivity index (χ4v) is 2.68. The number of hydrogen-bond acceptors (Lipinski definition) is 4. The number of aryl methyl sites for hydroxylation is 1. The summed E-state index contributed by atoms with van der Waals surface area (Å²) in [5, 5.41) is 5.18. The molecule has 1 aliphatic rings. The molecular formula is C19H26N2O4. The summed E-state index contributed by atoms with van der Waals surface area (Å²) in [6.45, 7) is 2.06. The first-order valence-electron chi connectivity index (χ1n) is 8.67. The average molecular weight is 346 g/mol. The molecule has 136 valence electrons. The second kappa shape index (κ2) is 9.71. The number of hydrogen-bond donors (Lipinski definition) is 2. The van der Waals surface area contributed by atoms with E-state index < -0.39 is 12.2 Å². The fourth-order valence-electron chi connectivity index (χ4n) is 2.68. The smallest absolute Gasteiger partial charge is 0.412 e. The molecule has 1 unspecified atom stereocenters. The van der Waals surface area contributed by atoms with Gasteiger partial charge in [0, 0.05) is 12.7 Å². The molecule has 2 N–H and O–H groups in total. The molecule has 0 aromatic heterocycles. The van der Waals surface area contributed by atoms with Gasteiger partial charge in [0.25, 0.3) is 0 Å². The van der Waals surface area contributed by atoms with Crippen LogP contribution in [0.1, 0.15) is 43.2 Å². The minimum Gasteiger partial charge on any atom is -0.445 e. The Morgan fingerprint density at radius 3 is 2.80 bits per heavy atom. The standard InChI is InChI=1S/C19H26N2O4/c1-14-12-15(13-24-18(22)20-2)10-11-17(14)21-19(23)25-16-8-6-4-3-5-7-9-16/h6,8,10-12,16H,3-5,7,9,13H2,1-2H3,(H,20,22)(H,21,23). The summed E-state index contributed by atoms with van der Waals surface area (Å²) < 4.78 is 10.5. The molecule has 0 fully saturated rings. The third kappa shape index (κ3) is 6.49. The molecule has 25 heavy (non-hydrogen) atoms. The van der Waals surface area contributed by atoms with Crippen molar-refractivity contribution in [2.24, 2.45) is 0 Å². The average Bonchev–Trinajstić information content (AvgIpc) is 2.57. The lowest BCUT2D eigenvalue weighted by atomic mass is 10.0. The Bertz CT molecular complexity index is 628. The van der Waals surface area contributed by atoms with E-state index in [1.807, 2.05) is 19.1 Å². The molecule has 6 nitrogen and oxygen atoms in total. The van der Waals surface area contributed by atoms with Gasteiger partial charge in [0.1, 0.15) is 12.7 Å². The Morgan fingerprint density at radius 2 is 2.04 bits per heavy atom. The van der Waals surface area contributed by atoms with Gasteiger partial charge in [0.2, 0.25) is 0 Å². The Morgan fingerprint density at radius 1 is 1.20 bits per heavy atom. The van der Waals surface area contributed by atoms with Gasteiger partial charge in [-0.05, 0) is 55.9 Å². The number of ether oxygens (including phenoxy) is 2. The van der Waals surface area contributed by atoms with Gasteiger partial charge in [-0.15, -0.1) is 0 Å². The van der Waals surface area contributed by atoms with Crippen LogP contribution in [0.5, 0.6) is 0 Å². The van der Waals surface area contributed by atoms with E-state index in [0.717, 1.165) is 30.4 Å². The molecule has 1 aromatic rings. The first-order valence-corrected chi connectivity index (χ1v) is 8.67. The van der Waals surface area contributed by atoms with Crippen LogP contribution in [-0.2, 0) is 16.1 Å². The molecule has 0 heterocycles. The number of anilines is 1. The number of carbonyl (C=O) groups excluding carboxylic acids is 2. The maximum absolute atomic E-state index is 12.1. The summed E-state index contributed by atoms with van der Waals surface area (Å²) >= 11 is 0. The maximum atomic E-state index is 12.1. The second-order valence-electron chi connectivity index (χ2n) is 6.11. The summed E-state index contributed by atoms with van der Waals surface area (Å²) in [7, 11) is 1.51. The van der Waals surface area contributed by atoms with E-state index in [0.29, 0.717) is 5.69 Å². The molecule has 0 saturated carbocycles. The lowest BCUT2D eigenvalue weighted by molar-refractivity contribution is 0.127. The number of benzene rings is 1. The number of amides is 2. The Labute approximate surface area is 148 Å². The molecule has 0 saturated heterocycles. The largest absolute Gasteiger partial charge is 0.445 e. The summed E-state index contributed by atoms with van der Waals surface area (Å²) in [5.41, 5.74) is 2.41. The zero-order chi connectivity index (χ0) is 18.1. The van der Waals surface area contributed by atoms with Crippen molar-refractivity contribution in [1.82, 2.24) is 5.32 Å². The monoisotopic (exact) mass is 346 g/mol. The number of rotatable bonds is 4. The SMILES string of the molecule is CNC(=O)OCc1ccc(NC(=O)OC2C=CCCCCC2)c(C)c1. The van der Waals surface area contributed by atoms with Crippen molar-refractivity contribution in [3.8, 4) is 0 Å². The molecule has 1 aliphatic carbocycles. The maximum Gasteiger partial charge on any atom is 0.412 e. The minimum atomic E-state index is -0.476. The van der Waals surface area contributed by atoms with Gasteiger partial charge in [-0.2, -0.15) is 0 Å². The van der Waals surface area contributed by atoms with Crippen molar-refractivity contribution in [3.05, 3.63) is 41.5 Å². The van der Waals surface area contributed by atoms with E-state index >= 15 is 0 Å². The molecular weight excluding hydrogens is 320 g/mol. The normalized spacial score (nSPS) is 17.1. The third-order valence-electron chi connectivity index (χ3n) is 4.07. The number of carbonyl (C=O) groups is 2. The highest BCUT2D eigenvalue weighted by atomic mass is 16.6. The summed E-state index contributed by atoms with van der Waals surface area (Å²) in [4.78, 5) is 23.2. The number of nitrogens with one attached hydrogen (secondary N) is 2. The van der Waals surface area contributed by atoms with E-state index in [1.54, 1.807) is 12.1 Å². The highest BCUT2D eigenvalue weighted by Gasteiger charge is 2.14. The van der Waals surface area contributed by atoms with Gasteiger partial charge < -0.3 is 14.8 Å². The summed E-state index contributed by atoms with van der Waals surface area (Å²) in [6.07, 6.45) is 8.31. The van der Waals surface area contributed by atoms with Gasteiger partial charge in [-0.25, -0.2) is 9.59 Å². The molecule has 2 rings (SSSR count). The van der Waals surface area contributed by atoms with Crippen LogP contribution < -0.4 is 10.6 Å². The minimum absolute atomic E-state index is 0.166. The Balaban J connectivity index is 1.89. The van der Waals surface area contributed by atoms with Gasteiger partial charge >= 0.3 is 12.2 Å². The molecule has 0 spiro atoms. The molecule has 1 atom stereocenters. The molecule has 0 bridgehead atoms. The topological polar surface area (TPSA) is 76.7 Å². The third-order valence-corrected chi connectivity index (χ3v) is 4.07. The zero-order valence-corrected chi connectivity index (χ0v) is 14.8. The predicted molar refractivity (Wildman–Crippen MR) is 96.5 cm³/mol. The lowest BCUT2D eigenvalue weighted by Crippen LogP contribution is -2.22. The van der Waals surface area contributed by atoms with Crippen LogP contribution in [0.3, 0.4) is 0 Å². The van der Waals surface area contributed by atoms with Crippen molar-refractivity contribution in [2.75, 3.05) is 12.4 Å². The van der Waals surface area contributed by atoms with Crippen LogP contribution in [0.4, 0.5) is 15.3 Å². The quantitative estimate of drug-likeness (QED) is 0.798. The number of allylic oxidation sites excluding steroid dienone is 1. The van der Waals surface area contributed by atoms with E-state index in [2.05, 4.69) is 16.7 Å². The lowest BCUT2D eigenvalue weighted by Gasteiger charge is -2.17. The van der Waals surface area contributed by atoms with Crippen LogP contribution in [0.25, 0.3) is 0 Å². The summed E-state index contributed by atoms with van der Waals surface area (Å²) in [6, 6.07) is 5.46. The van der Waals surface area contributed by atoms with Crippen molar-refractivity contribution in [1.29, 1.82) is 0 Å². The van der Waals surface area contributed by atoms with E-state index in [1.165, 1.54) is 19.9 Å². The molecule has 0 radical (unpaired) electrons. The fraction of sp³-hybridized carbons (Fsp3) is 0.474. The first kappa shape index (κ1) is 18.8. The zero-order valence-electron chi connectivity index (χ0n) is 14.8. The predicted octanol–water partition coefficient (Wildman–Crippen LogP) is 4.29. The van der Waals surface area contributed by atoms with Crippen LogP contribution in [0.15, 0.2) is 30.4 Å². The van der Waals surface area contributed by atoms with E-state index in [-0.39, 0.29) is 12.7 Å². The van der Waals surface area contributed by atoms with Gasteiger partial charge in [0.15, 0.2) is 0 Å². The highest BCUT2D eigenvalue weighted by Crippen LogP contribution is 2.19. The highest BCUT2D eigenvalue weighted by molar-refractivity contribution is 5.85. The van der Waals surface area contributed by atoms with Gasteiger partial charge in [0.05, 0.1) is 0 Å². The van der Waals surface area contributed by atoms with Crippen molar-refractivity contribution in [3.63, 3.8) is 0 Å². The van der Waals surface area contributed by atoms with Crippen molar-refractivity contribution >= 4 is 17.9 Å². The van der Waals surface area contributed by atoms with Gasteiger partial charge in [-0.3, -0.25) is 5.32 Å². The first-order chi connectivity index (χ1) is 12.1. The molecule has 2 amide bonds. The van der Waals surface area contributed by atoms with Crippen LogP contribution >= 0.6 is 0 Å². The van der Waals surface area contributed by atoms with Crippen molar-refractivity contribution in [2.45, 2.75) is 51.7 Å². The molecule has 1 aromatic carbocycles. The van der Waals surface area contributed by atoms with Crippen LogP contribution in [-0.4, -0.2) is 25.3 Å². The summed E-state index contributed by atoms with van der Waals surface area (Å²) in [5.74, 6) is 0.